The molecule has 0 bridgehead atoms. The number of hydrogen-bond acceptors (Lipinski definition) is 4. The van der Waals surface area contributed by atoms with Crippen LogP contribution in [0.15, 0.2) is 54.0 Å². The Morgan fingerprint density at radius 3 is 2.67 bits per heavy atom. The maximum atomic E-state index is 5.86. The number of anilines is 2. The third kappa shape index (κ3) is 3.90. The van der Waals surface area contributed by atoms with Crippen LogP contribution in [-0.2, 0) is 0 Å². The first kappa shape index (κ1) is 13.8. The van der Waals surface area contributed by atoms with Gasteiger partial charge in [-0.05, 0) is 53.9 Å². The Labute approximate surface area is 132 Å². The minimum atomic E-state index is 0.561. The van der Waals surface area contributed by atoms with Crippen molar-refractivity contribution in [1.82, 2.24) is 9.97 Å². The fourth-order valence-corrected chi connectivity index (χ4v) is 2.49. The third-order valence-corrected chi connectivity index (χ3v) is 3.83. The Hall–Kier alpha value is -2.17. The largest absolute Gasteiger partial charge is 0.324 e. The molecule has 0 amide bonds. The van der Waals surface area contributed by atoms with Crippen LogP contribution in [0.5, 0.6) is 0 Å². The van der Waals surface area contributed by atoms with Gasteiger partial charge in [-0.25, -0.2) is 9.97 Å². The van der Waals surface area contributed by atoms with Crippen LogP contribution in [-0.4, -0.2) is 9.97 Å². The second-order valence-electron chi connectivity index (χ2n) is 4.29. The van der Waals surface area contributed by atoms with E-state index in [-0.39, 0.29) is 0 Å². The van der Waals surface area contributed by atoms with Crippen molar-refractivity contribution >= 4 is 46.7 Å². The number of thiophene rings is 1. The first-order valence-corrected chi connectivity index (χ1v) is 7.62. The predicted octanol–water partition coefficient (Wildman–Crippen LogP) is 5.11. The van der Waals surface area contributed by atoms with Gasteiger partial charge in [-0.3, -0.25) is 0 Å². The molecule has 3 rings (SSSR count). The van der Waals surface area contributed by atoms with Crippen LogP contribution in [0.4, 0.5) is 11.6 Å². The lowest BCUT2D eigenvalue weighted by Crippen LogP contribution is -1.97. The van der Waals surface area contributed by atoms with Crippen LogP contribution in [0.25, 0.3) is 12.2 Å². The molecule has 2 heterocycles. The van der Waals surface area contributed by atoms with Gasteiger partial charge in [0.05, 0.1) is 5.69 Å². The molecule has 0 spiro atoms. The SMILES string of the molecule is Clc1ccc(Nc2nccc(/C=C/c3cccs3)n2)cc1. The summed E-state index contributed by atoms with van der Waals surface area (Å²) in [5, 5.41) is 5.90. The molecule has 2 aromatic heterocycles. The molecule has 0 fully saturated rings. The summed E-state index contributed by atoms with van der Waals surface area (Å²) in [5.74, 6) is 0.561. The van der Waals surface area contributed by atoms with E-state index in [9.17, 15) is 0 Å². The summed E-state index contributed by atoms with van der Waals surface area (Å²) in [6.07, 6.45) is 5.75. The van der Waals surface area contributed by atoms with Gasteiger partial charge in [-0.15, -0.1) is 11.3 Å². The van der Waals surface area contributed by atoms with Crippen LogP contribution in [0.2, 0.25) is 5.02 Å². The minimum Gasteiger partial charge on any atom is -0.324 e. The monoisotopic (exact) mass is 313 g/mol. The highest BCUT2D eigenvalue weighted by molar-refractivity contribution is 7.10. The molecule has 104 valence electrons. The summed E-state index contributed by atoms with van der Waals surface area (Å²) in [7, 11) is 0. The molecule has 0 aliphatic carbocycles. The van der Waals surface area contributed by atoms with E-state index in [1.807, 2.05) is 53.9 Å². The van der Waals surface area contributed by atoms with E-state index in [0.29, 0.717) is 11.0 Å². The van der Waals surface area contributed by atoms with E-state index >= 15 is 0 Å². The maximum absolute atomic E-state index is 5.86. The highest BCUT2D eigenvalue weighted by Crippen LogP contribution is 2.17. The zero-order valence-electron chi connectivity index (χ0n) is 11.0. The summed E-state index contributed by atoms with van der Waals surface area (Å²) < 4.78 is 0. The van der Waals surface area contributed by atoms with Crippen molar-refractivity contribution in [2.45, 2.75) is 0 Å². The van der Waals surface area contributed by atoms with Crippen molar-refractivity contribution in [3.8, 4) is 0 Å². The summed E-state index contributed by atoms with van der Waals surface area (Å²) in [6.45, 7) is 0. The lowest BCUT2D eigenvalue weighted by molar-refractivity contribution is 1.15. The van der Waals surface area contributed by atoms with Crippen LogP contribution >= 0.6 is 22.9 Å². The molecule has 21 heavy (non-hydrogen) atoms. The normalized spacial score (nSPS) is 10.9. The van der Waals surface area contributed by atoms with Gasteiger partial charge in [0.2, 0.25) is 5.95 Å². The molecule has 0 radical (unpaired) electrons. The number of hydrogen-bond donors (Lipinski definition) is 1. The van der Waals surface area contributed by atoms with E-state index in [0.717, 1.165) is 11.4 Å². The highest BCUT2D eigenvalue weighted by atomic mass is 35.5. The van der Waals surface area contributed by atoms with Crippen molar-refractivity contribution in [2.75, 3.05) is 5.32 Å². The van der Waals surface area contributed by atoms with Crippen LogP contribution in [0, 0.1) is 0 Å². The molecule has 3 nitrogen and oxygen atoms in total. The zero-order valence-corrected chi connectivity index (χ0v) is 12.6. The van der Waals surface area contributed by atoms with Gasteiger partial charge in [-0.1, -0.05) is 17.7 Å². The van der Waals surface area contributed by atoms with Gasteiger partial charge in [0.1, 0.15) is 0 Å². The van der Waals surface area contributed by atoms with E-state index in [2.05, 4.69) is 21.4 Å². The second-order valence-corrected chi connectivity index (χ2v) is 5.70. The average molecular weight is 314 g/mol. The summed E-state index contributed by atoms with van der Waals surface area (Å²) in [4.78, 5) is 9.86. The molecule has 5 heteroatoms. The number of nitrogens with zero attached hydrogens (tertiary/aromatic N) is 2. The number of halogens is 1. The smallest absolute Gasteiger partial charge is 0.227 e. The fourth-order valence-electron chi connectivity index (χ4n) is 1.74. The predicted molar refractivity (Wildman–Crippen MR) is 90.0 cm³/mol. The molecule has 0 aliphatic rings. The summed E-state index contributed by atoms with van der Waals surface area (Å²) in [6, 6.07) is 13.4. The number of aromatic nitrogens is 2. The molecule has 1 aromatic carbocycles. The molecule has 0 aliphatic heterocycles. The van der Waals surface area contributed by atoms with Crippen LogP contribution in [0.1, 0.15) is 10.6 Å². The Morgan fingerprint density at radius 1 is 1.05 bits per heavy atom. The molecule has 0 saturated carbocycles. The molecule has 1 N–H and O–H groups in total. The topological polar surface area (TPSA) is 37.8 Å². The quantitative estimate of drug-likeness (QED) is 0.727. The Morgan fingerprint density at radius 2 is 1.90 bits per heavy atom. The van der Waals surface area contributed by atoms with Crippen molar-refractivity contribution < 1.29 is 0 Å². The van der Waals surface area contributed by atoms with E-state index in [1.165, 1.54) is 4.88 Å². The Balaban J connectivity index is 1.75. The van der Waals surface area contributed by atoms with Gasteiger partial charge in [0.25, 0.3) is 0 Å². The minimum absolute atomic E-state index is 0.561. The number of benzene rings is 1. The highest BCUT2D eigenvalue weighted by Gasteiger charge is 1.99. The first-order chi connectivity index (χ1) is 10.3. The van der Waals surface area contributed by atoms with Gasteiger partial charge >= 0.3 is 0 Å². The number of nitrogens with one attached hydrogen (secondary N) is 1. The lowest BCUT2D eigenvalue weighted by Gasteiger charge is -2.04. The van der Waals surface area contributed by atoms with Gasteiger partial charge in [-0.2, -0.15) is 0 Å². The average Bonchev–Trinajstić information content (AvgIpc) is 3.01. The van der Waals surface area contributed by atoms with E-state index in [4.69, 9.17) is 11.6 Å². The van der Waals surface area contributed by atoms with Crippen LogP contribution in [0.3, 0.4) is 0 Å². The first-order valence-electron chi connectivity index (χ1n) is 6.37. The van der Waals surface area contributed by atoms with Gasteiger partial charge in [0.15, 0.2) is 0 Å². The van der Waals surface area contributed by atoms with Crippen molar-refractivity contribution in [1.29, 1.82) is 0 Å². The van der Waals surface area contributed by atoms with Crippen LogP contribution < -0.4 is 5.32 Å². The third-order valence-electron chi connectivity index (χ3n) is 2.74. The van der Waals surface area contributed by atoms with E-state index < -0.39 is 0 Å². The molecule has 3 aromatic rings. The summed E-state index contributed by atoms with van der Waals surface area (Å²) in [5.41, 5.74) is 1.76. The maximum Gasteiger partial charge on any atom is 0.227 e. The van der Waals surface area contributed by atoms with E-state index in [1.54, 1.807) is 17.5 Å². The van der Waals surface area contributed by atoms with Gasteiger partial charge < -0.3 is 5.32 Å². The Bertz CT molecular complexity index is 736. The molecular weight excluding hydrogens is 302 g/mol. The van der Waals surface area contributed by atoms with Crippen molar-refractivity contribution in [3.63, 3.8) is 0 Å². The standard InChI is InChI=1S/C16H12ClN3S/c17-12-3-5-13(6-4-12)19-16-18-10-9-14(20-16)7-8-15-2-1-11-21-15/h1-11H,(H,18,19,20)/b8-7+. The van der Waals surface area contributed by atoms with Gasteiger partial charge in [0, 0.05) is 21.8 Å². The molecule has 0 unspecified atom stereocenters. The van der Waals surface area contributed by atoms with Crippen molar-refractivity contribution in [2.24, 2.45) is 0 Å². The molecule has 0 saturated heterocycles. The molecule has 0 atom stereocenters. The zero-order chi connectivity index (χ0) is 14.5. The Kier molecular flexibility index (Phi) is 4.28. The summed E-state index contributed by atoms with van der Waals surface area (Å²) >= 11 is 7.55. The number of rotatable bonds is 4. The lowest BCUT2D eigenvalue weighted by atomic mass is 10.3. The second kappa shape index (κ2) is 6.52. The van der Waals surface area contributed by atoms with Crippen molar-refractivity contribution in [3.05, 3.63) is 69.6 Å². The molecular formula is C16H12ClN3S. The fraction of sp³-hybridized carbons (Fsp3) is 0.